The summed E-state index contributed by atoms with van der Waals surface area (Å²) >= 11 is 0. The molecule has 0 spiro atoms. The van der Waals surface area contributed by atoms with E-state index in [1.807, 2.05) is 0 Å². The lowest BCUT2D eigenvalue weighted by molar-refractivity contribution is -0.132. The number of amides is 1. The number of carbonyl (C=O) groups is 1. The van der Waals surface area contributed by atoms with Crippen molar-refractivity contribution in [2.75, 3.05) is 0 Å². The molecule has 1 fully saturated rings. The summed E-state index contributed by atoms with van der Waals surface area (Å²) in [5, 5.41) is 0. The Morgan fingerprint density at radius 1 is 1.29 bits per heavy atom. The Morgan fingerprint density at radius 2 is 1.79 bits per heavy atom. The Balaban J connectivity index is 2.55. The van der Waals surface area contributed by atoms with Crippen LogP contribution in [0.2, 0.25) is 0 Å². The first-order valence-electron chi connectivity index (χ1n) is 5.99. The summed E-state index contributed by atoms with van der Waals surface area (Å²) in [5.74, 6) is 0.277. The quantitative estimate of drug-likeness (QED) is 0.641. The fourth-order valence-electron chi connectivity index (χ4n) is 2.25. The van der Waals surface area contributed by atoms with Gasteiger partial charge in [-0.2, -0.15) is 0 Å². The van der Waals surface area contributed by atoms with E-state index in [1.54, 1.807) is 6.92 Å². The summed E-state index contributed by atoms with van der Waals surface area (Å²) < 4.78 is 0. The molecule has 1 aliphatic carbocycles. The molecule has 0 saturated heterocycles. The van der Waals surface area contributed by atoms with Crippen LogP contribution in [0.25, 0.3) is 0 Å². The topological polar surface area (TPSA) is 20.3 Å². The van der Waals surface area contributed by atoms with Gasteiger partial charge in [0.05, 0.1) is 0 Å². The predicted octanol–water partition coefficient (Wildman–Crippen LogP) is 2.97. The highest BCUT2D eigenvalue weighted by atomic mass is 16.2. The molecule has 0 aliphatic heterocycles. The SMILES string of the molecule is CCCC(CCC)N(C(C)=O)C1CC1. The molecule has 0 aromatic carbocycles. The third kappa shape index (κ3) is 3.00. The first kappa shape index (κ1) is 11.5. The fraction of sp³-hybridized carbons (Fsp3) is 0.917. The Morgan fingerprint density at radius 3 is 2.07 bits per heavy atom. The number of hydrogen-bond donors (Lipinski definition) is 0. The molecule has 2 heteroatoms. The Hall–Kier alpha value is -0.530. The second-order valence-electron chi connectivity index (χ2n) is 4.39. The predicted molar refractivity (Wildman–Crippen MR) is 59.1 cm³/mol. The van der Waals surface area contributed by atoms with Crippen molar-refractivity contribution < 1.29 is 4.79 Å². The number of nitrogens with zero attached hydrogens (tertiary/aromatic N) is 1. The van der Waals surface area contributed by atoms with E-state index >= 15 is 0 Å². The molecule has 1 rings (SSSR count). The van der Waals surface area contributed by atoms with Crippen LogP contribution < -0.4 is 0 Å². The van der Waals surface area contributed by atoms with Gasteiger partial charge in [-0.3, -0.25) is 4.79 Å². The molecule has 0 heterocycles. The molecule has 2 nitrogen and oxygen atoms in total. The van der Waals surface area contributed by atoms with Crippen LogP contribution in [0.15, 0.2) is 0 Å². The van der Waals surface area contributed by atoms with Crippen LogP contribution in [0, 0.1) is 0 Å². The van der Waals surface area contributed by atoms with E-state index in [4.69, 9.17) is 0 Å². The first-order valence-corrected chi connectivity index (χ1v) is 5.99. The van der Waals surface area contributed by atoms with Crippen molar-refractivity contribution in [2.24, 2.45) is 0 Å². The smallest absolute Gasteiger partial charge is 0.219 e. The molecule has 1 saturated carbocycles. The Bertz CT molecular complexity index is 181. The second kappa shape index (κ2) is 5.38. The maximum atomic E-state index is 11.5. The van der Waals surface area contributed by atoms with Crippen molar-refractivity contribution in [3.63, 3.8) is 0 Å². The molecule has 82 valence electrons. The van der Waals surface area contributed by atoms with E-state index in [2.05, 4.69) is 18.7 Å². The zero-order chi connectivity index (χ0) is 10.6. The second-order valence-corrected chi connectivity index (χ2v) is 4.39. The highest BCUT2D eigenvalue weighted by molar-refractivity contribution is 5.74. The fourth-order valence-corrected chi connectivity index (χ4v) is 2.25. The largest absolute Gasteiger partial charge is 0.337 e. The van der Waals surface area contributed by atoms with Crippen molar-refractivity contribution in [1.82, 2.24) is 4.90 Å². The van der Waals surface area contributed by atoms with Crippen molar-refractivity contribution in [1.29, 1.82) is 0 Å². The molecular formula is C12H23NO. The zero-order valence-electron chi connectivity index (χ0n) is 9.75. The standard InChI is InChI=1S/C12H23NO/c1-4-6-11(7-5-2)13(10(3)14)12-8-9-12/h11-12H,4-9H2,1-3H3. The van der Waals surface area contributed by atoms with Crippen LogP contribution in [0.5, 0.6) is 0 Å². The van der Waals surface area contributed by atoms with Gasteiger partial charge in [0.25, 0.3) is 0 Å². The monoisotopic (exact) mass is 197 g/mol. The third-order valence-corrected chi connectivity index (χ3v) is 2.94. The van der Waals surface area contributed by atoms with Crippen LogP contribution in [0.3, 0.4) is 0 Å². The first-order chi connectivity index (χ1) is 6.70. The summed E-state index contributed by atoms with van der Waals surface area (Å²) in [6, 6.07) is 1.09. The number of hydrogen-bond acceptors (Lipinski definition) is 1. The van der Waals surface area contributed by atoms with Gasteiger partial charge < -0.3 is 4.90 Å². The molecule has 1 amide bonds. The molecule has 0 unspecified atom stereocenters. The molecule has 0 bridgehead atoms. The van der Waals surface area contributed by atoms with E-state index in [-0.39, 0.29) is 5.91 Å². The lowest BCUT2D eigenvalue weighted by atomic mass is 10.0. The van der Waals surface area contributed by atoms with Crippen molar-refractivity contribution in [3.8, 4) is 0 Å². The lowest BCUT2D eigenvalue weighted by Gasteiger charge is -2.31. The van der Waals surface area contributed by atoms with Crippen molar-refractivity contribution in [3.05, 3.63) is 0 Å². The van der Waals surface area contributed by atoms with Crippen LogP contribution >= 0.6 is 0 Å². The Kier molecular flexibility index (Phi) is 4.43. The van der Waals surface area contributed by atoms with Gasteiger partial charge in [0.1, 0.15) is 0 Å². The lowest BCUT2D eigenvalue weighted by Crippen LogP contribution is -2.40. The molecule has 14 heavy (non-hydrogen) atoms. The van der Waals surface area contributed by atoms with Crippen LogP contribution in [-0.2, 0) is 4.79 Å². The minimum absolute atomic E-state index is 0.277. The summed E-state index contributed by atoms with van der Waals surface area (Å²) in [5.41, 5.74) is 0. The van der Waals surface area contributed by atoms with Gasteiger partial charge in [-0.25, -0.2) is 0 Å². The summed E-state index contributed by atoms with van der Waals surface area (Å²) in [6.07, 6.45) is 7.16. The highest BCUT2D eigenvalue weighted by Gasteiger charge is 2.34. The normalized spacial score (nSPS) is 16.0. The van der Waals surface area contributed by atoms with Gasteiger partial charge in [0.15, 0.2) is 0 Å². The molecule has 0 aromatic heterocycles. The van der Waals surface area contributed by atoms with Crippen LogP contribution in [0.1, 0.15) is 59.3 Å². The van der Waals surface area contributed by atoms with E-state index in [9.17, 15) is 4.79 Å². The van der Waals surface area contributed by atoms with Gasteiger partial charge in [-0.15, -0.1) is 0 Å². The minimum atomic E-state index is 0.277. The van der Waals surface area contributed by atoms with Gasteiger partial charge in [0, 0.05) is 19.0 Å². The van der Waals surface area contributed by atoms with Gasteiger partial charge in [-0.05, 0) is 25.7 Å². The molecular weight excluding hydrogens is 174 g/mol. The van der Waals surface area contributed by atoms with E-state index in [0.717, 1.165) is 0 Å². The average molecular weight is 197 g/mol. The summed E-state index contributed by atoms with van der Waals surface area (Å²) in [4.78, 5) is 13.7. The molecule has 1 aliphatic rings. The maximum Gasteiger partial charge on any atom is 0.219 e. The Labute approximate surface area is 87.7 Å². The third-order valence-electron chi connectivity index (χ3n) is 2.94. The molecule has 0 N–H and O–H groups in total. The van der Waals surface area contributed by atoms with E-state index < -0.39 is 0 Å². The maximum absolute atomic E-state index is 11.5. The van der Waals surface area contributed by atoms with Crippen molar-refractivity contribution >= 4 is 5.91 Å². The highest BCUT2D eigenvalue weighted by Crippen LogP contribution is 2.31. The average Bonchev–Trinajstić information content (AvgIpc) is 2.89. The number of carbonyl (C=O) groups excluding carboxylic acids is 1. The van der Waals surface area contributed by atoms with Gasteiger partial charge in [0.2, 0.25) is 5.91 Å². The van der Waals surface area contributed by atoms with Crippen LogP contribution in [0.4, 0.5) is 0 Å². The number of rotatable bonds is 6. The van der Waals surface area contributed by atoms with E-state index in [1.165, 1.54) is 38.5 Å². The molecule has 0 radical (unpaired) electrons. The van der Waals surface area contributed by atoms with Gasteiger partial charge in [-0.1, -0.05) is 26.7 Å². The summed E-state index contributed by atoms with van der Waals surface area (Å²) in [6.45, 7) is 6.12. The van der Waals surface area contributed by atoms with Gasteiger partial charge >= 0.3 is 0 Å². The molecule has 0 aromatic rings. The molecule has 0 atom stereocenters. The zero-order valence-corrected chi connectivity index (χ0v) is 9.75. The summed E-state index contributed by atoms with van der Waals surface area (Å²) in [7, 11) is 0. The van der Waals surface area contributed by atoms with Crippen LogP contribution in [-0.4, -0.2) is 22.9 Å². The van der Waals surface area contributed by atoms with Crippen molar-refractivity contribution in [2.45, 2.75) is 71.4 Å². The minimum Gasteiger partial charge on any atom is -0.337 e. The van der Waals surface area contributed by atoms with E-state index in [0.29, 0.717) is 12.1 Å².